The Balaban J connectivity index is -0.00000225. The Morgan fingerprint density at radius 1 is 0.759 bits per heavy atom. The number of hydrogen-bond acceptors (Lipinski definition) is 12. The number of phosphoric acid groups is 3. The predicted octanol–water partition coefficient (Wildman–Crippen LogP) is -2.22. The van der Waals surface area contributed by atoms with Gasteiger partial charge in [0.05, 0.1) is 0 Å². The maximum atomic E-state index is 11.2. The van der Waals surface area contributed by atoms with E-state index in [4.69, 9.17) is 29.4 Å². The summed E-state index contributed by atoms with van der Waals surface area (Å²) in [4.78, 5) is 53.7. The topological polar surface area (TPSA) is 366 Å². The number of phosphoric ester groups is 3. The molecule has 29 heavy (non-hydrogen) atoms. The monoisotopic (exact) mass is 499 g/mol. The summed E-state index contributed by atoms with van der Waals surface area (Å²) in [7, 11) is -16.3. The SMILES string of the molecule is CC[C@]1(OP(=O)(O)O)[C@H](OP(=O)(O)O)[C@@H](O)[C@H](OP(=O)(O)O)[C@H](O)[C@@H]1O.N.N.N. The van der Waals surface area contributed by atoms with Crippen LogP contribution in [0.4, 0.5) is 0 Å². The molecule has 18 N–H and O–H groups in total. The van der Waals surface area contributed by atoms with Crippen molar-refractivity contribution in [2.45, 2.75) is 49.5 Å². The highest BCUT2D eigenvalue weighted by molar-refractivity contribution is 7.46. The molecule has 0 spiro atoms. The van der Waals surface area contributed by atoms with Gasteiger partial charge in [0, 0.05) is 0 Å². The van der Waals surface area contributed by atoms with Crippen LogP contribution < -0.4 is 18.5 Å². The summed E-state index contributed by atoms with van der Waals surface area (Å²) in [5, 5.41) is 30.4. The second-order valence-corrected chi connectivity index (χ2v) is 8.94. The van der Waals surface area contributed by atoms with Gasteiger partial charge < -0.3 is 63.1 Å². The van der Waals surface area contributed by atoms with Crippen LogP contribution in [0.25, 0.3) is 0 Å². The zero-order chi connectivity index (χ0) is 20.7. The minimum atomic E-state index is -5.49. The highest BCUT2D eigenvalue weighted by Gasteiger charge is 2.64. The molecule has 0 aromatic carbocycles. The summed E-state index contributed by atoms with van der Waals surface area (Å²) in [5.41, 5.74) is -2.77. The van der Waals surface area contributed by atoms with Gasteiger partial charge in [0.25, 0.3) is 0 Å². The molecule has 6 atom stereocenters. The molecule has 1 aliphatic rings. The van der Waals surface area contributed by atoms with Crippen molar-refractivity contribution in [2.24, 2.45) is 0 Å². The Labute approximate surface area is 164 Å². The van der Waals surface area contributed by atoms with Gasteiger partial charge in [0.2, 0.25) is 0 Å². The van der Waals surface area contributed by atoms with Crippen LogP contribution in [0.3, 0.4) is 0 Å². The van der Waals surface area contributed by atoms with E-state index in [-0.39, 0.29) is 18.5 Å². The van der Waals surface area contributed by atoms with E-state index in [0.717, 1.165) is 6.92 Å². The second-order valence-electron chi connectivity index (χ2n) is 5.39. The van der Waals surface area contributed by atoms with E-state index in [0.29, 0.717) is 0 Å². The van der Waals surface area contributed by atoms with E-state index >= 15 is 0 Å². The average molecular weight is 499 g/mol. The Morgan fingerprint density at radius 3 is 1.48 bits per heavy atom. The van der Waals surface area contributed by atoms with E-state index < -0.39 is 66.0 Å². The van der Waals surface area contributed by atoms with Crippen LogP contribution in [0.2, 0.25) is 0 Å². The van der Waals surface area contributed by atoms with Gasteiger partial charge in [-0.2, -0.15) is 0 Å². The molecule has 0 radical (unpaired) electrons. The molecule has 0 aromatic heterocycles. The van der Waals surface area contributed by atoms with Gasteiger partial charge in [-0.3, -0.25) is 13.6 Å². The lowest BCUT2D eigenvalue weighted by Gasteiger charge is -2.51. The molecule has 0 heterocycles. The van der Waals surface area contributed by atoms with Crippen LogP contribution in [0, 0.1) is 0 Å². The molecule has 1 saturated carbocycles. The highest BCUT2D eigenvalue weighted by atomic mass is 31.2. The van der Waals surface area contributed by atoms with Crippen molar-refractivity contribution in [1.82, 2.24) is 18.5 Å². The number of rotatable bonds is 7. The van der Waals surface area contributed by atoms with Gasteiger partial charge in [-0.15, -0.1) is 0 Å². The minimum absolute atomic E-state index is 0. The summed E-state index contributed by atoms with van der Waals surface area (Å²) in [5.74, 6) is 0. The summed E-state index contributed by atoms with van der Waals surface area (Å²) in [6, 6.07) is 0. The zero-order valence-corrected chi connectivity index (χ0v) is 17.7. The van der Waals surface area contributed by atoms with Gasteiger partial charge in [0.15, 0.2) is 0 Å². The van der Waals surface area contributed by atoms with Gasteiger partial charge in [0.1, 0.15) is 36.1 Å². The van der Waals surface area contributed by atoms with Gasteiger partial charge >= 0.3 is 23.5 Å². The van der Waals surface area contributed by atoms with Crippen molar-refractivity contribution in [1.29, 1.82) is 0 Å². The Kier molecular flexibility index (Phi) is 12.9. The third-order valence-electron chi connectivity index (χ3n) is 3.64. The van der Waals surface area contributed by atoms with Gasteiger partial charge in [-0.05, 0) is 6.42 Å². The summed E-state index contributed by atoms with van der Waals surface area (Å²) in [6.07, 6.45) is -12.8. The van der Waals surface area contributed by atoms with Crippen molar-refractivity contribution in [3.05, 3.63) is 0 Å². The fourth-order valence-electron chi connectivity index (χ4n) is 2.69. The van der Waals surface area contributed by atoms with E-state index in [1.165, 1.54) is 0 Å². The molecule has 21 heteroatoms. The molecule has 0 amide bonds. The van der Waals surface area contributed by atoms with E-state index in [1.807, 2.05) is 0 Å². The van der Waals surface area contributed by atoms with E-state index in [9.17, 15) is 29.0 Å². The van der Waals surface area contributed by atoms with E-state index in [2.05, 4.69) is 13.6 Å². The van der Waals surface area contributed by atoms with Crippen LogP contribution in [-0.4, -0.2) is 80.8 Å². The summed E-state index contributed by atoms with van der Waals surface area (Å²) < 4.78 is 46.1. The lowest BCUT2D eigenvalue weighted by molar-refractivity contribution is -0.256. The highest BCUT2D eigenvalue weighted by Crippen LogP contribution is 2.54. The molecule has 0 saturated heterocycles. The number of hydrogen-bond donors (Lipinski definition) is 12. The normalized spacial score (nSPS) is 33.1. The van der Waals surface area contributed by atoms with Gasteiger partial charge in [-0.25, -0.2) is 13.7 Å². The van der Waals surface area contributed by atoms with Crippen molar-refractivity contribution >= 4 is 23.5 Å². The third kappa shape index (κ3) is 8.62. The largest absolute Gasteiger partial charge is 0.470 e. The second kappa shape index (κ2) is 11.1. The summed E-state index contributed by atoms with van der Waals surface area (Å²) in [6.45, 7) is 1.11. The Bertz CT molecular complexity index is 649. The maximum absolute atomic E-state index is 11.2. The minimum Gasteiger partial charge on any atom is -0.387 e. The van der Waals surface area contributed by atoms with Crippen LogP contribution in [0.1, 0.15) is 13.3 Å². The molecule has 1 aliphatic carbocycles. The van der Waals surface area contributed by atoms with Crippen LogP contribution in [0.15, 0.2) is 0 Å². The predicted molar refractivity (Wildman–Crippen MR) is 93.1 cm³/mol. The van der Waals surface area contributed by atoms with Crippen LogP contribution >= 0.6 is 23.5 Å². The molecule has 0 aromatic rings. The first-order valence-electron chi connectivity index (χ1n) is 6.72. The molecule has 0 unspecified atom stereocenters. The van der Waals surface area contributed by atoms with Crippen LogP contribution in [-0.2, 0) is 27.3 Å². The van der Waals surface area contributed by atoms with Crippen molar-refractivity contribution in [2.75, 3.05) is 0 Å². The molecule has 0 aliphatic heterocycles. The molecular weight excluding hydrogens is 471 g/mol. The number of aliphatic hydroxyl groups is 3. The van der Waals surface area contributed by atoms with Gasteiger partial charge in [-0.1, -0.05) is 6.92 Å². The maximum Gasteiger partial charge on any atom is 0.470 e. The first-order valence-corrected chi connectivity index (χ1v) is 11.3. The molecular formula is C8H28N3O15P3. The molecule has 180 valence electrons. The standard InChI is InChI=1S/C8H19O15P3.3H3N/c1-2-8(23-26(18,19)20)6(11)3(9)5(21-24(12,13)14)4(10)7(8)22-25(15,16)17;;;/h3-7,9-11H,2H2,1H3,(H2,12,13,14)(H2,15,16,17)(H2,18,19,20);3*1H3/t3-,4-,5+,6-,7+,8+;;;/m0.../s1. The van der Waals surface area contributed by atoms with Crippen LogP contribution in [0.5, 0.6) is 0 Å². The zero-order valence-electron chi connectivity index (χ0n) is 15.0. The fraction of sp³-hybridized carbons (Fsp3) is 1.00. The van der Waals surface area contributed by atoms with Crippen molar-refractivity contribution < 1.29 is 71.9 Å². The quantitative estimate of drug-likeness (QED) is 0.165. The third-order valence-corrected chi connectivity index (χ3v) is 5.24. The first-order chi connectivity index (χ1) is 11.4. The van der Waals surface area contributed by atoms with Crippen molar-refractivity contribution in [3.63, 3.8) is 0 Å². The molecule has 0 bridgehead atoms. The smallest absolute Gasteiger partial charge is 0.387 e. The average Bonchev–Trinajstić information content (AvgIpc) is 2.42. The molecule has 1 rings (SSSR count). The Hall–Kier alpha value is 0.0900. The Morgan fingerprint density at radius 2 is 1.17 bits per heavy atom. The first kappa shape index (κ1) is 33.7. The van der Waals surface area contributed by atoms with Crippen molar-refractivity contribution in [3.8, 4) is 0 Å². The lowest BCUT2D eigenvalue weighted by Crippen LogP contribution is -2.71. The molecule has 18 nitrogen and oxygen atoms in total. The lowest BCUT2D eigenvalue weighted by atomic mass is 9.73. The fourth-order valence-corrected chi connectivity index (χ4v) is 4.63. The van der Waals surface area contributed by atoms with E-state index in [1.54, 1.807) is 0 Å². The molecule has 1 fully saturated rings. The number of aliphatic hydroxyl groups excluding tert-OH is 3. The summed E-state index contributed by atoms with van der Waals surface area (Å²) >= 11 is 0.